The van der Waals surface area contributed by atoms with Crippen molar-refractivity contribution in [3.63, 3.8) is 0 Å². The standard InChI is InChI=1S/C23H18Cl2N2O3S/c1-15-6-9-17(10-7-15)31(29,30)22-13-27(21-5-3-2-4-18(21)22)14-23(28)26-20-12-16(24)8-11-19(20)25/h2-13H,14H2,1H3,(H,26,28). The number of carbonyl (C=O) groups is 1. The van der Waals surface area contributed by atoms with E-state index in [0.29, 0.717) is 26.6 Å². The summed E-state index contributed by atoms with van der Waals surface area (Å²) in [6.45, 7) is 1.81. The summed E-state index contributed by atoms with van der Waals surface area (Å²) < 4.78 is 28.2. The summed E-state index contributed by atoms with van der Waals surface area (Å²) in [5.74, 6) is -0.357. The molecule has 0 fully saturated rings. The summed E-state index contributed by atoms with van der Waals surface area (Å²) in [5.41, 5.74) is 2.00. The van der Waals surface area contributed by atoms with Gasteiger partial charge in [0.1, 0.15) is 6.54 Å². The Bertz CT molecular complexity index is 1390. The molecule has 8 heteroatoms. The minimum Gasteiger partial charge on any atom is -0.337 e. The van der Waals surface area contributed by atoms with Crippen LogP contribution in [0.25, 0.3) is 10.9 Å². The first-order valence-corrected chi connectivity index (χ1v) is 11.6. The van der Waals surface area contributed by atoms with Crippen molar-refractivity contribution in [3.8, 4) is 0 Å². The second kappa shape index (κ2) is 8.38. The Labute approximate surface area is 190 Å². The second-order valence-electron chi connectivity index (χ2n) is 7.13. The van der Waals surface area contributed by atoms with Crippen LogP contribution < -0.4 is 5.32 Å². The first-order chi connectivity index (χ1) is 14.8. The van der Waals surface area contributed by atoms with Crippen molar-refractivity contribution >= 4 is 55.5 Å². The molecule has 1 amide bonds. The van der Waals surface area contributed by atoms with Gasteiger partial charge >= 0.3 is 0 Å². The highest BCUT2D eigenvalue weighted by Gasteiger charge is 2.24. The average Bonchev–Trinajstić information content (AvgIpc) is 3.10. The SMILES string of the molecule is Cc1ccc(S(=O)(=O)c2cn(CC(=O)Nc3cc(Cl)ccc3Cl)c3ccccc23)cc1. The zero-order valence-corrected chi connectivity index (χ0v) is 18.8. The molecule has 0 atom stereocenters. The van der Waals surface area contributed by atoms with Gasteiger partial charge in [-0.3, -0.25) is 4.79 Å². The Kier molecular flexibility index (Phi) is 5.79. The molecule has 4 aromatic rings. The van der Waals surface area contributed by atoms with Crippen molar-refractivity contribution in [3.05, 3.63) is 88.5 Å². The number of fused-ring (bicyclic) bond motifs is 1. The minimum atomic E-state index is -3.76. The number of hydrogen-bond acceptors (Lipinski definition) is 3. The second-order valence-corrected chi connectivity index (χ2v) is 9.89. The number of rotatable bonds is 5. The molecule has 1 heterocycles. The van der Waals surface area contributed by atoms with Crippen LogP contribution in [-0.4, -0.2) is 18.9 Å². The van der Waals surface area contributed by atoms with Gasteiger partial charge in [-0.1, -0.05) is 59.1 Å². The summed E-state index contributed by atoms with van der Waals surface area (Å²) in [6.07, 6.45) is 1.50. The highest BCUT2D eigenvalue weighted by atomic mass is 35.5. The number of sulfone groups is 1. The number of benzene rings is 3. The van der Waals surface area contributed by atoms with Crippen LogP contribution in [0.3, 0.4) is 0 Å². The summed E-state index contributed by atoms with van der Waals surface area (Å²) in [5, 5.41) is 4.08. The molecule has 0 aliphatic carbocycles. The molecular formula is C23H18Cl2N2O3S. The average molecular weight is 473 g/mol. The summed E-state index contributed by atoms with van der Waals surface area (Å²) in [6, 6.07) is 18.6. The first-order valence-electron chi connectivity index (χ1n) is 9.40. The highest BCUT2D eigenvalue weighted by molar-refractivity contribution is 7.91. The van der Waals surface area contributed by atoms with Crippen molar-refractivity contribution in [2.45, 2.75) is 23.3 Å². The molecule has 0 spiro atoms. The van der Waals surface area contributed by atoms with Gasteiger partial charge in [0.25, 0.3) is 0 Å². The fourth-order valence-corrected chi connectivity index (χ4v) is 5.15. The van der Waals surface area contributed by atoms with Gasteiger partial charge < -0.3 is 9.88 Å². The van der Waals surface area contributed by atoms with E-state index in [1.807, 2.05) is 6.92 Å². The molecule has 0 saturated carbocycles. The third-order valence-electron chi connectivity index (χ3n) is 4.89. The molecule has 5 nitrogen and oxygen atoms in total. The molecule has 0 aliphatic rings. The molecule has 158 valence electrons. The third kappa shape index (κ3) is 4.32. The number of hydrogen-bond donors (Lipinski definition) is 1. The normalized spacial score (nSPS) is 11.6. The zero-order valence-electron chi connectivity index (χ0n) is 16.5. The zero-order chi connectivity index (χ0) is 22.2. The van der Waals surface area contributed by atoms with Gasteiger partial charge in [-0.25, -0.2) is 8.42 Å². The number of amides is 1. The first kappa shape index (κ1) is 21.4. The Hall–Kier alpha value is -2.80. The van der Waals surface area contributed by atoms with Crippen LogP contribution in [0.4, 0.5) is 5.69 Å². The van der Waals surface area contributed by atoms with Crippen molar-refractivity contribution in [2.75, 3.05) is 5.32 Å². The van der Waals surface area contributed by atoms with E-state index in [9.17, 15) is 13.2 Å². The molecule has 0 bridgehead atoms. The van der Waals surface area contributed by atoms with E-state index >= 15 is 0 Å². The number of para-hydroxylation sites is 1. The fourth-order valence-electron chi connectivity index (χ4n) is 3.34. The molecular weight excluding hydrogens is 455 g/mol. The molecule has 31 heavy (non-hydrogen) atoms. The molecule has 0 saturated heterocycles. The van der Waals surface area contributed by atoms with Gasteiger partial charge in [0.2, 0.25) is 15.7 Å². The predicted molar refractivity (Wildman–Crippen MR) is 124 cm³/mol. The van der Waals surface area contributed by atoms with Crippen LogP contribution in [0.1, 0.15) is 5.56 Å². The lowest BCUT2D eigenvalue weighted by atomic mass is 10.2. The van der Waals surface area contributed by atoms with Crippen LogP contribution in [-0.2, 0) is 21.2 Å². The Morgan fingerprint density at radius 3 is 2.45 bits per heavy atom. The van der Waals surface area contributed by atoms with Crippen LogP contribution in [0, 0.1) is 6.92 Å². The van der Waals surface area contributed by atoms with E-state index in [4.69, 9.17) is 23.2 Å². The molecule has 1 aromatic heterocycles. The maximum absolute atomic E-state index is 13.3. The van der Waals surface area contributed by atoms with E-state index in [1.165, 1.54) is 6.20 Å². The number of carbonyl (C=O) groups excluding carboxylic acids is 1. The lowest BCUT2D eigenvalue weighted by molar-refractivity contribution is -0.116. The maximum Gasteiger partial charge on any atom is 0.244 e. The van der Waals surface area contributed by atoms with Crippen molar-refractivity contribution in [2.24, 2.45) is 0 Å². The molecule has 1 N–H and O–H groups in total. The fraction of sp³-hybridized carbons (Fsp3) is 0.0870. The van der Waals surface area contributed by atoms with Gasteiger partial charge in [-0.2, -0.15) is 0 Å². The summed E-state index contributed by atoms with van der Waals surface area (Å²) in [7, 11) is -3.76. The molecule has 0 aliphatic heterocycles. The van der Waals surface area contributed by atoms with Gasteiger partial charge in [0, 0.05) is 22.1 Å². The quantitative estimate of drug-likeness (QED) is 0.403. The Morgan fingerprint density at radius 1 is 1.00 bits per heavy atom. The number of nitrogens with zero attached hydrogens (tertiary/aromatic N) is 1. The number of aromatic nitrogens is 1. The summed E-state index contributed by atoms with van der Waals surface area (Å²) >= 11 is 12.1. The van der Waals surface area contributed by atoms with Crippen LogP contribution in [0.15, 0.2) is 82.7 Å². The van der Waals surface area contributed by atoms with E-state index in [0.717, 1.165) is 5.56 Å². The highest BCUT2D eigenvalue weighted by Crippen LogP contribution is 2.31. The van der Waals surface area contributed by atoms with Crippen LogP contribution in [0.5, 0.6) is 0 Å². The molecule has 0 radical (unpaired) electrons. The van der Waals surface area contributed by atoms with Gasteiger partial charge in [-0.15, -0.1) is 0 Å². The van der Waals surface area contributed by atoms with E-state index in [2.05, 4.69) is 5.32 Å². The van der Waals surface area contributed by atoms with E-state index in [-0.39, 0.29) is 22.2 Å². The predicted octanol–water partition coefficient (Wildman–Crippen LogP) is 5.73. The van der Waals surface area contributed by atoms with Gasteiger partial charge in [0.05, 0.1) is 20.5 Å². The molecule has 3 aromatic carbocycles. The number of anilines is 1. The maximum atomic E-state index is 13.3. The van der Waals surface area contributed by atoms with Crippen molar-refractivity contribution in [1.29, 1.82) is 0 Å². The lowest BCUT2D eigenvalue weighted by Gasteiger charge is -2.09. The van der Waals surface area contributed by atoms with Gasteiger partial charge in [-0.05, 0) is 43.3 Å². The Morgan fingerprint density at radius 2 is 1.71 bits per heavy atom. The van der Waals surface area contributed by atoms with E-state index < -0.39 is 9.84 Å². The molecule has 0 unspecified atom stereocenters. The largest absolute Gasteiger partial charge is 0.337 e. The number of aryl methyl sites for hydroxylation is 1. The molecule has 4 rings (SSSR count). The minimum absolute atomic E-state index is 0.0905. The van der Waals surface area contributed by atoms with Gasteiger partial charge in [0.15, 0.2) is 0 Å². The van der Waals surface area contributed by atoms with Crippen LogP contribution in [0.2, 0.25) is 10.0 Å². The topological polar surface area (TPSA) is 68.2 Å². The number of nitrogens with one attached hydrogen (secondary N) is 1. The Balaban J connectivity index is 1.71. The van der Waals surface area contributed by atoms with Crippen molar-refractivity contribution < 1.29 is 13.2 Å². The third-order valence-corrected chi connectivity index (χ3v) is 7.25. The summed E-state index contributed by atoms with van der Waals surface area (Å²) in [4.78, 5) is 13.0. The van der Waals surface area contributed by atoms with Crippen molar-refractivity contribution in [1.82, 2.24) is 4.57 Å². The number of halogens is 2. The smallest absolute Gasteiger partial charge is 0.244 e. The van der Waals surface area contributed by atoms with E-state index in [1.54, 1.807) is 71.3 Å². The monoisotopic (exact) mass is 472 g/mol. The lowest BCUT2D eigenvalue weighted by Crippen LogP contribution is -2.18. The van der Waals surface area contributed by atoms with Crippen LogP contribution >= 0.6 is 23.2 Å².